The molecule has 1 saturated heterocycles. The van der Waals surface area contributed by atoms with Crippen molar-refractivity contribution in [1.82, 2.24) is 0 Å². The van der Waals surface area contributed by atoms with Crippen LogP contribution in [0.1, 0.15) is 13.3 Å². The topological polar surface area (TPSA) is 63.4 Å². The highest BCUT2D eigenvalue weighted by molar-refractivity contribution is 7.91. The van der Waals surface area contributed by atoms with Gasteiger partial charge in [-0.2, -0.15) is 0 Å². The fourth-order valence-electron chi connectivity index (χ4n) is 2.40. The van der Waals surface area contributed by atoms with Gasteiger partial charge in [-0.05, 0) is 25.5 Å². The lowest BCUT2D eigenvalue weighted by Crippen LogP contribution is -2.36. The van der Waals surface area contributed by atoms with Crippen molar-refractivity contribution >= 4 is 21.2 Å². The van der Waals surface area contributed by atoms with Crippen molar-refractivity contribution in [2.75, 3.05) is 28.7 Å². The predicted octanol–water partition coefficient (Wildman–Crippen LogP) is 1.28. The van der Waals surface area contributed by atoms with Gasteiger partial charge in [0, 0.05) is 12.6 Å². The summed E-state index contributed by atoms with van der Waals surface area (Å²) in [6.07, 6.45) is 0.699. The summed E-state index contributed by atoms with van der Waals surface area (Å²) in [4.78, 5) is 2.10. The molecule has 1 atom stereocenters. The Hall–Kier alpha value is -1.23. The first-order valence-corrected chi connectivity index (χ1v) is 7.67. The van der Waals surface area contributed by atoms with Gasteiger partial charge in [0.2, 0.25) is 0 Å². The van der Waals surface area contributed by atoms with Gasteiger partial charge in [-0.1, -0.05) is 12.1 Å². The van der Waals surface area contributed by atoms with Crippen molar-refractivity contribution in [3.8, 4) is 0 Å². The quantitative estimate of drug-likeness (QED) is 0.825. The zero-order valence-corrected chi connectivity index (χ0v) is 10.8. The van der Waals surface area contributed by atoms with Crippen molar-refractivity contribution in [3.05, 3.63) is 24.3 Å². The Bertz CT molecular complexity index is 499. The number of nitrogens with two attached hydrogens (primary N) is 1. The van der Waals surface area contributed by atoms with Crippen LogP contribution in [0.3, 0.4) is 0 Å². The van der Waals surface area contributed by atoms with Crippen LogP contribution in [0.4, 0.5) is 11.4 Å². The predicted molar refractivity (Wildman–Crippen MR) is 70.9 cm³/mol. The minimum atomic E-state index is -2.85. The Morgan fingerprint density at radius 3 is 2.65 bits per heavy atom. The Labute approximate surface area is 102 Å². The zero-order chi connectivity index (χ0) is 12.5. The molecule has 0 bridgehead atoms. The maximum atomic E-state index is 11.5. The summed E-state index contributed by atoms with van der Waals surface area (Å²) in [5, 5.41) is 0. The maximum Gasteiger partial charge on any atom is 0.152 e. The fourth-order valence-corrected chi connectivity index (χ4v) is 4.13. The van der Waals surface area contributed by atoms with Crippen LogP contribution in [-0.2, 0) is 9.84 Å². The summed E-state index contributed by atoms with van der Waals surface area (Å²) in [5.74, 6) is 0.538. The third-order valence-corrected chi connectivity index (χ3v) is 4.99. The van der Waals surface area contributed by atoms with E-state index in [-0.39, 0.29) is 11.8 Å². The molecular formula is C12H18N2O2S. The maximum absolute atomic E-state index is 11.5. The number of rotatable bonds is 3. The number of benzene rings is 1. The fraction of sp³-hybridized carbons (Fsp3) is 0.500. The number of anilines is 2. The van der Waals surface area contributed by atoms with Gasteiger partial charge in [0.1, 0.15) is 0 Å². The van der Waals surface area contributed by atoms with Crippen LogP contribution in [-0.4, -0.2) is 32.5 Å². The Kier molecular flexibility index (Phi) is 3.28. The molecule has 0 spiro atoms. The Morgan fingerprint density at radius 1 is 1.41 bits per heavy atom. The molecule has 2 N–H and O–H groups in total. The largest absolute Gasteiger partial charge is 0.397 e. The van der Waals surface area contributed by atoms with E-state index in [1.165, 1.54) is 0 Å². The van der Waals surface area contributed by atoms with E-state index in [1.54, 1.807) is 0 Å². The zero-order valence-electron chi connectivity index (χ0n) is 9.96. The summed E-state index contributed by atoms with van der Waals surface area (Å²) in [6.45, 7) is 2.80. The van der Waals surface area contributed by atoms with Crippen molar-refractivity contribution in [2.24, 2.45) is 0 Å². The molecule has 1 aliphatic rings. The number of hydrogen-bond acceptors (Lipinski definition) is 4. The highest BCUT2D eigenvalue weighted by atomic mass is 32.2. The molecule has 0 radical (unpaired) electrons. The molecule has 0 amide bonds. The van der Waals surface area contributed by atoms with Gasteiger partial charge in [0.25, 0.3) is 0 Å². The van der Waals surface area contributed by atoms with E-state index in [9.17, 15) is 8.42 Å². The van der Waals surface area contributed by atoms with Gasteiger partial charge < -0.3 is 10.6 Å². The van der Waals surface area contributed by atoms with Crippen molar-refractivity contribution in [2.45, 2.75) is 19.4 Å². The molecule has 1 aromatic carbocycles. The van der Waals surface area contributed by atoms with Crippen LogP contribution >= 0.6 is 0 Å². The summed E-state index contributed by atoms with van der Waals surface area (Å²) in [6, 6.07) is 7.68. The third-order valence-electron chi connectivity index (χ3n) is 3.24. The van der Waals surface area contributed by atoms with Gasteiger partial charge in [0.15, 0.2) is 9.84 Å². The van der Waals surface area contributed by atoms with E-state index in [1.807, 2.05) is 31.2 Å². The first kappa shape index (κ1) is 12.2. The monoisotopic (exact) mass is 254 g/mol. The third kappa shape index (κ3) is 2.54. The first-order valence-electron chi connectivity index (χ1n) is 5.85. The van der Waals surface area contributed by atoms with E-state index < -0.39 is 9.84 Å². The molecule has 4 nitrogen and oxygen atoms in total. The molecule has 1 heterocycles. The number of nitrogens with zero attached hydrogens (tertiary/aromatic N) is 1. The lowest BCUT2D eigenvalue weighted by atomic mass is 10.1. The van der Waals surface area contributed by atoms with E-state index in [0.29, 0.717) is 17.9 Å². The minimum absolute atomic E-state index is 0.0645. The normalized spacial score (nSPS) is 22.5. The lowest BCUT2D eigenvalue weighted by Gasteiger charge is -2.30. The molecule has 0 saturated carbocycles. The first-order chi connectivity index (χ1) is 8.03. The molecule has 1 aromatic rings. The van der Waals surface area contributed by atoms with Crippen molar-refractivity contribution in [3.63, 3.8) is 0 Å². The van der Waals surface area contributed by atoms with E-state index in [4.69, 9.17) is 5.73 Å². The van der Waals surface area contributed by atoms with E-state index in [0.717, 1.165) is 12.2 Å². The number of para-hydroxylation sites is 2. The molecule has 94 valence electrons. The standard InChI is InChI=1S/C12H18N2O2S/c1-2-14(10-7-8-17(15,16)9-10)12-6-4-3-5-11(12)13/h3-6,10H,2,7-9,13H2,1H3. The number of nitrogen functional groups attached to an aromatic ring is 1. The molecule has 2 rings (SSSR count). The number of sulfone groups is 1. The second-order valence-corrected chi connectivity index (χ2v) is 6.63. The van der Waals surface area contributed by atoms with Crippen LogP contribution in [0.15, 0.2) is 24.3 Å². The Balaban J connectivity index is 2.26. The minimum Gasteiger partial charge on any atom is -0.397 e. The van der Waals surface area contributed by atoms with Crippen molar-refractivity contribution < 1.29 is 8.42 Å². The summed E-state index contributed by atoms with van der Waals surface area (Å²) in [7, 11) is -2.85. The highest BCUT2D eigenvalue weighted by Crippen LogP contribution is 2.28. The van der Waals surface area contributed by atoms with Crippen LogP contribution in [0.2, 0.25) is 0 Å². The molecule has 17 heavy (non-hydrogen) atoms. The van der Waals surface area contributed by atoms with E-state index in [2.05, 4.69) is 4.90 Å². The molecule has 1 fully saturated rings. The Morgan fingerprint density at radius 2 is 2.12 bits per heavy atom. The van der Waals surface area contributed by atoms with Crippen LogP contribution in [0.5, 0.6) is 0 Å². The summed E-state index contributed by atoms with van der Waals surface area (Å²) >= 11 is 0. The second kappa shape index (κ2) is 4.56. The smallest absolute Gasteiger partial charge is 0.152 e. The molecule has 0 aliphatic carbocycles. The van der Waals surface area contributed by atoms with Crippen LogP contribution in [0, 0.1) is 0 Å². The molecule has 5 heteroatoms. The molecular weight excluding hydrogens is 236 g/mol. The molecule has 1 aliphatic heterocycles. The van der Waals surface area contributed by atoms with E-state index >= 15 is 0 Å². The van der Waals surface area contributed by atoms with Gasteiger partial charge in [-0.15, -0.1) is 0 Å². The SMILES string of the molecule is CCN(c1ccccc1N)C1CCS(=O)(=O)C1. The van der Waals surface area contributed by atoms with Gasteiger partial charge in [0.05, 0.1) is 22.9 Å². The van der Waals surface area contributed by atoms with Crippen molar-refractivity contribution in [1.29, 1.82) is 0 Å². The van der Waals surface area contributed by atoms with Gasteiger partial charge in [-0.3, -0.25) is 0 Å². The molecule has 0 aromatic heterocycles. The lowest BCUT2D eigenvalue weighted by molar-refractivity contribution is 0.600. The average molecular weight is 254 g/mol. The van der Waals surface area contributed by atoms with Gasteiger partial charge in [-0.25, -0.2) is 8.42 Å². The number of hydrogen-bond donors (Lipinski definition) is 1. The van der Waals surface area contributed by atoms with Crippen LogP contribution in [0.25, 0.3) is 0 Å². The average Bonchev–Trinajstić information content (AvgIpc) is 2.63. The summed E-state index contributed by atoms with van der Waals surface area (Å²) in [5.41, 5.74) is 7.59. The molecule has 1 unspecified atom stereocenters. The van der Waals surface area contributed by atoms with Crippen LogP contribution < -0.4 is 10.6 Å². The van der Waals surface area contributed by atoms with Gasteiger partial charge >= 0.3 is 0 Å². The summed E-state index contributed by atoms with van der Waals surface area (Å²) < 4.78 is 23.0. The second-order valence-electron chi connectivity index (χ2n) is 4.40. The highest BCUT2D eigenvalue weighted by Gasteiger charge is 2.32.